The Hall–Kier alpha value is -0.590. The van der Waals surface area contributed by atoms with Crippen LogP contribution in [0.2, 0.25) is 0 Å². The fraction of sp³-hybridized carbons (Fsp3) is 0.538. The summed E-state index contributed by atoms with van der Waals surface area (Å²) in [5.74, 6) is 0.821. The Morgan fingerprint density at radius 1 is 1.37 bits per heavy atom. The van der Waals surface area contributed by atoms with E-state index in [0.717, 1.165) is 6.42 Å². The summed E-state index contributed by atoms with van der Waals surface area (Å²) in [6.07, 6.45) is 0.825. The first-order chi connectivity index (χ1) is 8.78. The van der Waals surface area contributed by atoms with Gasteiger partial charge < -0.3 is 4.74 Å². The van der Waals surface area contributed by atoms with Crippen LogP contribution in [-0.2, 0) is 10.0 Å². The number of halogens is 1. The third-order valence-corrected chi connectivity index (χ3v) is 5.21. The van der Waals surface area contributed by atoms with Gasteiger partial charge in [0.2, 0.25) is 10.0 Å². The summed E-state index contributed by atoms with van der Waals surface area (Å²) in [4.78, 5) is 0.190. The van der Waals surface area contributed by atoms with Crippen molar-refractivity contribution in [3.05, 3.63) is 22.7 Å². The van der Waals surface area contributed by atoms with E-state index in [9.17, 15) is 8.42 Å². The summed E-state index contributed by atoms with van der Waals surface area (Å²) in [6, 6.07) is 4.97. The van der Waals surface area contributed by atoms with Crippen LogP contribution in [0, 0.1) is 5.92 Å². The molecule has 0 aliphatic rings. The second-order valence-electron chi connectivity index (χ2n) is 4.80. The summed E-state index contributed by atoms with van der Waals surface area (Å²) in [7, 11) is -0.458. The highest BCUT2D eigenvalue weighted by atomic mass is 79.9. The van der Waals surface area contributed by atoms with E-state index in [0.29, 0.717) is 22.7 Å². The Morgan fingerprint density at radius 2 is 2.00 bits per heavy atom. The van der Waals surface area contributed by atoms with Crippen LogP contribution in [0.5, 0.6) is 5.75 Å². The Balaban J connectivity index is 3.09. The molecule has 0 radical (unpaired) electrons. The van der Waals surface area contributed by atoms with Crippen molar-refractivity contribution in [3.8, 4) is 5.75 Å². The molecule has 0 fully saturated rings. The van der Waals surface area contributed by atoms with E-state index < -0.39 is 10.0 Å². The number of benzene rings is 1. The summed E-state index contributed by atoms with van der Waals surface area (Å²) in [5, 5.41) is 0. The lowest BCUT2D eigenvalue weighted by Crippen LogP contribution is -2.29. The van der Waals surface area contributed by atoms with Gasteiger partial charge in [0.15, 0.2) is 0 Å². The highest BCUT2D eigenvalue weighted by Crippen LogP contribution is 2.29. The van der Waals surface area contributed by atoms with Crippen molar-refractivity contribution in [1.29, 1.82) is 0 Å². The third-order valence-electron chi connectivity index (χ3n) is 2.84. The molecule has 1 rings (SSSR count). The number of nitrogens with zero attached hydrogens (tertiary/aromatic N) is 1. The zero-order valence-electron chi connectivity index (χ0n) is 11.7. The molecule has 6 heteroatoms. The molecule has 4 nitrogen and oxygen atoms in total. The van der Waals surface area contributed by atoms with Crippen LogP contribution in [0.25, 0.3) is 0 Å². The molecule has 108 valence electrons. The van der Waals surface area contributed by atoms with Gasteiger partial charge in [0.25, 0.3) is 0 Å². The lowest BCUT2D eigenvalue weighted by Gasteiger charge is -2.19. The molecule has 0 aliphatic carbocycles. The molecule has 0 saturated heterocycles. The van der Waals surface area contributed by atoms with Crippen LogP contribution in [0.4, 0.5) is 0 Å². The second kappa shape index (κ2) is 6.72. The number of ether oxygens (including phenoxy) is 1. The van der Waals surface area contributed by atoms with E-state index in [-0.39, 0.29) is 4.90 Å². The Labute approximate surface area is 123 Å². The van der Waals surface area contributed by atoms with Gasteiger partial charge in [-0.1, -0.05) is 29.8 Å². The summed E-state index contributed by atoms with van der Waals surface area (Å²) >= 11 is 3.29. The minimum absolute atomic E-state index is 0.190. The van der Waals surface area contributed by atoms with Crippen molar-refractivity contribution < 1.29 is 13.2 Å². The minimum atomic E-state index is -3.52. The molecule has 0 amide bonds. The minimum Gasteiger partial charge on any atom is -0.495 e. The number of sulfonamides is 1. The predicted octanol–water partition coefficient (Wildman–Crippen LogP) is 3.12. The number of hydrogen-bond donors (Lipinski definition) is 0. The molecular weight excluding hydrogens is 330 g/mol. The summed E-state index contributed by atoms with van der Waals surface area (Å²) < 4.78 is 32.2. The van der Waals surface area contributed by atoms with E-state index in [1.807, 2.05) is 0 Å². The fourth-order valence-electron chi connectivity index (χ4n) is 1.58. The van der Waals surface area contributed by atoms with E-state index in [1.54, 1.807) is 25.2 Å². The molecule has 0 atom stereocenters. The lowest BCUT2D eigenvalue weighted by atomic mass is 10.1. The van der Waals surface area contributed by atoms with Crippen molar-refractivity contribution in [2.24, 2.45) is 5.92 Å². The molecule has 0 saturated carbocycles. The van der Waals surface area contributed by atoms with E-state index >= 15 is 0 Å². The van der Waals surface area contributed by atoms with Crippen LogP contribution in [0.3, 0.4) is 0 Å². The van der Waals surface area contributed by atoms with Crippen LogP contribution in [0.15, 0.2) is 27.6 Å². The van der Waals surface area contributed by atoms with Crippen molar-refractivity contribution in [3.63, 3.8) is 0 Å². The summed E-state index contributed by atoms with van der Waals surface area (Å²) in [6.45, 7) is 4.63. The van der Waals surface area contributed by atoms with Crippen LogP contribution in [-0.4, -0.2) is 33.4 Å². The Morgan fingerprint density at radius 3 is 2.53 bits per heavy atom. The molecule has 0 unspecified atom stereocenters. The van der Waals surface area contributed by atoms with Gasteiger partial charge in [-0.25, -0.2) is 12.7 Å². The maximum atomic E-state index is 12.5. The number of rotatable bonds is 6. The van der Waals surface area contributed by atoms with E-state index in [1.165, 1.54) is 11.4 Å². The quantitative estimate of drug-likeness (QED) is 0.792. The van der Waals surface area contributed by atoms with Crippen molar-refractivity contribution in [1.82, 2.24) is 4.31 Å². The molecule has 1 aromatic carbocycles. The normalized spacial score (nSPS) is 12.2. The topological polar surface area (TPSA) is 46.6 Å². The standard InChI is InChI=1S/C13H20BrNO3S/c1-10(2)7-8-15(3)19(16,17)13-9-11(14)5-6-12(13)18-4/h5-6,9-10H,7-8H2,1-4H3. The average Bonchev–Trinajstić information content (AvgIpc) is 2.35. The van der Waals surface area contributed by atoms with E-state index in [4.69, 9.17) is 4.74 Å². The molecule has 0 aromatic heterocycles. The second-order valence-corrected chi connectivity index (χ2v) is 7.73. The molecule has 0 aliphatic heterocycles. The lowest BCUT2D eigenvalue weighted by molar-refractivity contribution is 0.394. The maximum Gasteiger partial charge on any atom is 0.246 e. The molecule has 0 spiro atoms. The van der Waals surface area contributed by atoms with Crippen molar-refractivity contribution in [2.45, 2.75) is 25.2 Å². The molecule has 0 N–H and O–H groups in total. The predicted molar refractivity (Wildman–Crippen MR) is 80.0 cm³/mol. The van der Waals surface area contributed by atoms with Crippen LogP contribution in [0.1, 0.15) is 20.3 Å². The van der Waals surface area contributed by atoms with Crippen LogP contribution >= 0.6 is 15.9 Å². The average molecular weight is 350 g/mol. The first kappa shape index (κ1) is 16.5. The van der Waals surface area contributed by atoms with E-state index in [2.05, 4.69) is 29.8 Å². The molecule has 0 bridgehead atoms. The molecular formula is C13H20BrNO3S. The van der Waals surface area contributed by atoms with Crippen LogP contribution < -0.4 is 4.74 Å². The largest absolute Gasteiger partial charge is 0.495 e. The first-order valence-electron chi connectivity index (χ1n) is 6.09. The Bertz CT molecular complexity index is 529. The van der Waals surface area contributed by atoms with Crippen molar-refractivity contribution in [2.75, 3.05) is 20.7 Å². The highest BCUT2D eigenvalue weighted by Gasteiger charge is 2.24. The van der Waals surface area contributed by atoms with Crippen molar-refractivity contribution >= 4 is 26.0 Å². The van der Waals surface area contributed by atoms with Gasteiger partial charge in [-0.3, -0.25) is 0 Å². The SMILES string of the molecule is COc1ccc(Br)cc1S(=O)(=O)N(C)CCC(C)C. The first-order valence-corrected chi connectivity index (χ1v) is 8.32. The smallest absolute Gasteiger partial charge is 0.246 e. The number of hydrogen-bond acceptors (Lipinski definition) is 3. The highest BCUT2D eigenvalue weighted by molar-refractivity contribution is 9.10. The Kier molecular flexibility index (Phi) is 5.82. The van der Waals surface area contributed by atoms with Gasteiger partial charge in [-0.05, 0) is 30.5 Å². The molecule has 1 aromatic rings. The zero-order valence-corrected chi connectivity index (χ0v) is 14.1. The summed E-state index contributed by atoms with van der Waals surface area (Å²) in [5.41, 5.74) is 0. The fourth-order valence-corrected chi connectivity index (χ4v) is 3.46. The molecule has 19 heavy (non-hydrogen) atoms. The van der Waals surface area contributed by atoms with Gasteiger partial charge in [0.1, 0.15) is 10.6 Å². The van der Waals surface area contributed by atoms with Gasteiger partial charge in [-0.2, -0.15) is 0 Å². The van der Waals surface area contributed by atoms with Gasteiger partial charge >= 0.3 is 0 Å². The van der Waals surface area contributed by atoms with Gasteiger partial charge in [0.05, 0.1) is 7.11 Å². The number of methoxy groups -OCH3 is 1. The third kappa shape index (κ3) is 4.19. The monoisotopic (exact) mass is 349 g/mol. The van der Waals surface area contributed by atoms with Gasteiger partial charge in [0, 0.05) is 18.1 Å². The zero-order chi connectivity index (χ0) is 14.6. The molecule has 0 heterocycles. The maximum absolute atomic E-state index is 12.5. The van der Waals surface area contributed by atoms with Gasteiger partial charge in [-0.15, -0.1) is 0 Å².